The highest BCUT2D eigenvalue weighted by Gasteiger charge is 2.53. The molecule has 21 rings (SSSR count). The SMILES string of the molecule is c1ccc(N(c2cc(-c3ccc4c(c3)c3c5ccccc5c5ccccc5c3n4-c3ccccc3)cc(N(c3ccccc3)c3ccc4c(c3)C3(c5ccccc5-c5ccccc53)c3ccccc3-4)c2)c2ccc3c(c2)C2(c4ccccc4-c4ccccc42)c2ccccc2-3)cc1. The van der Waals surface area contributed by atoms with E-state index < -0.39 is 10.8 Å². The van der Waals surface area contributed by atoms with Crippen molar-refractivity contribution in [3.63, 3.8) is 0 Å². The second kappa shape index (κ2) is 20.5. The summed E-state index contributed by atoms with van der Waals surface area (Å²) in [5.74, 6) is 0. The van der Waals surface area contributed by atoms with Gasteiger partial charge in [-0.2, -0.15) is 0 Å². The first kappa shape index (κ1) is 53.9. The normalized spacial score (nSPS) is 13.5. The molecule has 17 aromatic rings. The molecular formula is C94H59N3. The minimum absolute atomic E-state index is 0.538. The van der Waals surface area contributed by atoms with Crippen LogP contribution in [0.1, 0.15) is 44.5 Å². The van der Waals surface area contributed by atoms with E-state index in [2.05, 4.69) is 372 Å². The van der Waals surface area contributed by atoms with Gasteiger partial charge in [0, 0.05) is 56.0 Å². The molecule has 97 heavy (non-hydrogen) atoms. The summed E-state index contributed by atoms with van der Waals surface area (Å²) in [6.45, 7) is 0. The first-order valence-electron chi connectivity index (χ1n) is 33.8. The molecule has 0 bridgehead atoms. The second-order valence-electron chi connectivity index (χ2n) is 26.5. The standard InChI is InChI=1S/C94H59N3/c1-4-26-62(27-5-1)95(65-49-51-77-75-38-18-24-46-86(75)93(88(77)58-65)82-42-20-14-34-71(82)72-35-15-21-43-83(72)93)67-54-61(60-48-53-90-81(56-60)91-79-40-12-10-32-69(79)70-33-11-13-41-80(70)92(91)97(90)64-30-8-3-9-31-64)55-68(57-67)96(63-28-6-2-7-29-63)66-50-52-78-76-39-19-25-47-87(76)94(89(78)59-66)84-44-22-16-36-73(84)74-37-17-23-45-85(74)94/h1-59H. The predicted octanol–water partition coefficient (Wildman–Crippen LogP) is 24.4. The molecule has 0 radical (unpaired) electrons. The quantitative estimate of drug-likeness (QED) is 0.141. The molecule has 3 heteroatoms. The van der Waals surface area contributed by atoms with Gasteiger partial charge in [-0.1, -0.05) is 267 Å². The Labute approximate surface area is 562 Å². The van der Waals surface area contributed by atoms with Crippen LogP contribution in [-0.2, 0) is 10.8 Å². The van der Waals surface area contributed by atoms with Crippen LogP contribution >= 0.6 is 0 Å². The number of para-hydroxylation sites is 3. The molecule has 1 heterocycles. The number of rotatable bonds is 8. The van der Waals surface area contributed by atoms with E-state index in [1.165, 1.54) is 127 Å². The lowest BCUT2D eigenvalue weighted by Gasteiger charge is -2.33. The highest BCUT2D eigenvalue weighted by atomic mass is 15.2. The van der Waals surface area contributed by atoms with E-state index in [0.29, 0.717) is 0 Å². The average Bonchev–Trinajstić information content (AvgIpc) is 1.52. The number of hydrogen-bond acceptors (Lipinski definition) is 2. The van der Waals surface area contributed by atoms with Crippen LogP contribution in [0.25, 0.3) is 105 Å². The second-order valence-corrected chi connectivity index (χ2v) is 26.5. The summed E-state index contributed by atoms with van der Waals surface area (Å²) in [6, 6.07) is 135. The Hall–Kier alpha value is -12.6. The largest absolute Gasteiger partial charge is 0.310 e. The maximum Gasteiger partial charge on any atom is 0.0726 e. The van der Waals surface area contributed by atoms with Crippen molar-refractivity contribution >= 4 is 77.5 Å². The summed E-state index contributed by atoms with van der Waals surface area (Å²) in [5.41, 5.74) is 31.7. The molecule has 0 unspecified atom stereocenters. The van der Waals surface area contributed by atoms with E-state index in [-0.39, 0.29) is 0 Å². The first-order valence-corrected chi connectivity index (χ1v) is 33.8. The van der Waals surface area contributed by atoms with Gasteiger partial charge >= 0.3 is 0 Å². The van der Waals surface area contributed by atoms with Crippen molar-refractivity contribution in [1.29, 1.82) is 0 Å². The lowest BCUT2D eigenvalue weighted by Crippen LogP contribution is -2.26. The van der Waals surface area contributed by atoms with Crippen molar-refractivity contribution in [3.8, 4) is 61.3 Å². The number of benzene rings is 16. The maximum atomic E-state index is 2.53. The number of nitrogens with zero attached hydrogens (tertiary/aromatic N) is 3. The van der Waals surface area contributed by atoms with E-state index >= 15 is 0 Å². The Kier molecular flexibility index (Phi) is 11.4. The molecule has 0 fully saturated rings. The van der Waals surface area contributed by atoms with Crippen molar-refractivity contribution in [2.75, 3.05) is 9.80 Å². The van der Waals surface area contributed by atoms with Crippen LogP contribution < -0.4 is 9.80 Å². The molecule has 0 atom stereocenters. The highest BCUT2D eigenvalue weighted by molar-refractivity contribution is 6.32. The van der Waals surface area contributed by atoms with Crippen LogP contribution in [0.2, 0.25) is 0 Å². The van der Waals surface area contributed by atoms with Gasteiger partial charge < -0.3 is 14.4 Å². The van der Waals surface area contributed by atoms with Crippen LogP contribution in [0.4, 0.5) is 34.1 Å². The van der Waals surface area contributed by atoms with Crippen LogP contribution in [0, 0.1) is 0 Å². The monoisotopic (exact) mass is 1230 g/mol. The molecule has 450 valence electrons. The summed E-state index contributed by atoms with van der Waals surface area (Å²) < 4.78 is 2.50. The van der Waals surface area contributed by atoms with Crippen molar-refractivity contribution in [3.05, 3.63) is 402 Å². The molecule has 4 aliphatic rings. The van der Waals surface area contributed by atoms with Gasteiger partial charge in [-0.25, -0.2) is 0 Å². The van der Waals surface area contributed by atoms with Gasteiger partial charge in [-0.05, 0) is 207 Å². The zero-order chi connectivity index (χ0) is 63.5. The van der Waals surface area contributed by atoms with Gasteiger partial charge in [-0.3, -0.25) is 0 Å². The molecule has 4 aliphatic carbocycles. The molecular weight excluding hydrogens is 1170 g/mol. The Morgan fingerprint density at radius 2 is 0.557 bits per heavy atom. The van der Waals surface area contributed by atoms with Crippen molar-refractivity contribution in [2.45, 2.75) is 10.8 Å². The smallest absolute Gasteiger partial charge is 0.0726 e. The summed E-state index contributed by atoms with van der Waals surface area (Å²) in [6.07, 6.45) is 0. The van der Waals surface area contributed by atoms with E-state index in [1.807, 2.05) is 0 Å². The van der Waals surface area contributed by atoms with Gasteiger partial charge in [0.2, 0.25) is 0 Å². The van der Waals surface area contributed by atoms with E-state index in [1.54, 1.807) is 0 Å². The fourth-order valence-electron chi connectivity index (χ4n) is 18.2. The third kappa shape index (κ3) is 7.35. The Bertz CT molecular complexity index is 5770. The van der Waals surface area contributed by atoms with E-state index in [0.717, 1.165) is 56.5 Å². The molecule has 1 aromatic heterocycles. The predicted molar refractivity (Wildman–Crippen MR) is 403 cm³/mol. The third-order valence-electron chi connectivity index (χ3n) is 21.9. The molecule has 3 nitrogen and oxygen atoms in total. The zero-order valence-corrected chi connectivity index (χ0v) is 52.9. The van der Waals surface area contributed by atoms with Crippen molar-refractivity contribution < 1.29 is 0 Å². The van der Waals surface area contributed by atoms with Crippen molar-refractivity contribution in [1.82, 2.24) is 4.57 Å². The third-order valence-corrected chi connectivity index (χ3v) is 21.9. The minimum Gasteiger partial charge on any atom is -0.310 e. The summed E-state index contributed by atoms with van der Waals surface area (Å²) >= 11 is 0. The zero-order valence-electron chi connectivity index (χ0n) is 52.9. The van der Waals surface area contributed by atoms with Gasteiger partial charge in [-0.15, -0.1) is 0 Å². The number of fused-ring (bicyclic) bond motifs is 28. The van der Waals surface area contributed by atoms with Crippen LogP contribution in [0.5, 0.6) is 0 Å². The minimum atomic E-state index is -0.538. The van der Waals surface area contributed by atoms with E-state index in [9.17, 15) is 0 Å². The fraction of sp³-hybridized carbons (Fsp3) is 0.0213. The Morgan fingerprint density at radius 3 is 0.990 bits per heavy atom. The lowest BCUT2D eigenvalue weighted by molar-refractivity contribution is 0.793. The fourth-order valence-corrected chi connectivity index (χ4v) is 18.2. The molecule has 16 aromatic carbocycles. The van der Waals surface area contributed by atoms with Crippen LogP contribution in [-0.4, -0.2) is 4.57 Å². The molecule has 0 aliphatic heterocycles. The molecule has 0 amide bonds. The molecule has 0 saturated carbocycles. The average molecular weight is 1230 g/mol. The molecule has 0 N–H and O–H groups in total. The topological polar surface area (TPSA) is 11.4 Å². The summed E-state index contributed by atoms with van der Waals surface area (Å²) in [5, 5.41) is 7.40. The van der Waals surface area contributed by atoms with Gasteiger partial charge in [0.15, 0.2) is 0 Å². The van der Waals surface area contributed by atoms with Crippen LogP contribution in [0.15, 0.2) is 358 Å². The van der Waals surface area contributed by atoms with E-state index in [4.69, 9.17) is 0 Å². The number of aromatic nitrogens is 1. The first-order chi connectivity index (χ1) is 48.1. The summed E-state index contributed by atoms with van der Waals surface area (Å²) in [4.78, 5) is 5.03. The molecule has 2 spiro atoms. The van der Waals surface area contributed by atoms with Crippen molar-refractivity contribution in [2.24, 2.45) is 0 Å². The van der Waals surface area contributed by atoms with Gasteiger partial charge in [0.1, 0.15) is 0 Å². The number of anilines is 6. The maximum absolute atomic E-state index is 2.53. The Morgan fingerprint density at radius 1 is 0.206 bits per heavy atom. The highest BCUT2D eigenvalue weighted by Crippen LogP contribution is 2.66. The molecule has 0 saturated heterocycles. The van der Waals surface area contributed by atoms with Gasteiger partial charge in [0.25, 0.3) is 0 Å². The lowest BCUT2D eigenvalue weighted by atomic mass is 9.70. The van der Waals surface area contributed by atoms with Gasteiger partial charge in [0.05, 0.1) is 21.9 Å². The summed E-state index contributed by atoms with van der Waals surface area (Å²) in [7, 11) is 0. The Balaban J connectivity index is 0.848. The van der Waals surface area contributed by atoms with Crippen LogP contribution in [0.3, 0.4) is 0 Å². The number of hydrogen-bond donors (Lipinski definition) is 0.